The number of ether oxygens (including phenoxy) is 1. The van der Waals surface area contributed by atoms with Crippen molar-refractivity contribution >= 4 is 27.9 Å². The normalized spacial score (nSPS) is 23.6. The molecule has 1 aromatic heterocycles. The van der Waals surface area contributed by atoms with Crippen LogP contribution in [0.1, 0.15) is 42.0 Å². The molecule has 2 aromatic rings. The van der Waals surface area contributed by atoms with Crippen LogP contribution >= 0.6 is 15.9 Å². The minimum Gasteiger partial charge on any atom is -0.444 e. The van der Waals surface area contributed by atoms with E-state index in [0.29, 0.717) is 23.5 Å². The second-order valence-electron chi connectivity index (χ2n) is 6.99. The number of rotatable bonds is 3. The maximum absolute atomic E-state index is 12.5. The molecule has 2 aliphatic heterocycles. The third kappa shape index (κ3) is 3.48. The van der Waals surface area contributed by atoms with Gasteiger partial charge in [0.25, 0.3) is 5.91 Å². The first-order valence-electron chi connectivity index (χ1n) is 9.13. The van der Waals surface area contributed by atoms with Crippen molar-refractivity contribution < 1.29 is 18.7 Å². The highest BCUT2D eigenvalue weighted by atomic mass is 79.9. The maximum atomic E-state index is 12.5. The molecule has 0 aliphatic carbocycles. The van der Waals surface area contributed by atoms with Crippen molar-refractivity contribution in [2.45, 2.75) is 38.0 Å². The first kappa shape index (κ1) is 18.1. The molecule has 6 nitrogen and oxygen atoms in total. The Morgan fingerprint density at radius 3 is 2.44 bits per heavy atom. The van der Waals surface area contributed by atoms with Gasteiger partial charge >= 0.3 is 6.09 Å². The molecule has 0 N–H and O–H groups in total. The first-order chi connectivity index (χ1) is 13.0. The van der Waals surface area contributed by atoms with E-state index >= 15 is 0 Å². The highest BCUT2D eigenvalue weighted by Gasteiger charge is 2.44. The monoisotopic (exact) mass is 432 g/mol. The van der Waals surface area contributed by atoms with Gasteiger partial charge in [0.05, 0.1) is 6.04 Å². The van der Waals surface area contributed by atoms with E-state index in [1.807, 2.05) is 42.2 Å². The van der Waals surface area contributed by atoms with E-state index in [-0.39, 0.29) is 30.2 Å². The summed E-state index contributed by atoms with van der Waals surface area (Å²) in [6.07, 6.45) is 0.943. The van der Waals surface area contributed by atoms with Gasteiger partial charge in [-0.15, -0.1) is 0 Å². The van der Waals surface area contributed by atoms with Crippen LogP contribution in [0.15, 0.2) is 51.6 Å². The minimum absolute atomic E-state index is 0.0341. The van der Waals surface area contributed by atoms with Crippen LogP contribution in [-0.2, 0) is 4.74 Å². The second kappa shape index (κ2) is 7.38. The van der Waals surface area contributed by atoms with Crippen LogP contribution in [0.3, 0.4) is 0 Å². The Hall–Kier alpha value is -2.28. The zero-order valence-electron chi connectivity index (χ0n) is 15.0. The molecule has 2 unspecified atom stereocenters. The molecule has 2 fully saturated rings. The molecule has 27 heavy (non-hydrogen) atoms. The van der Waals surface area contributed by atoms with Crippen molar-refractivity contribution in [1.29, 1.82) is 0 Å². The molecule has 1 aromatic carbocycles. The van der Waals surface area contributed by atoms with E-state index in [9.17, 15) is 9.59 Å². The van der Waals surface area contributed by atoms with Crippen LogP contribution in [0.25, 0.3) is 0 Å². The zero-order valence-corrected chi connectivity index (χ0v) is 16.6. The van der Waals surface area contributed by atoms with Crippen LogP contribution in [0.2, 0.25) is 0 Å². The fourth-order valence-electron chi connectivity index (χ4n) is 3.98. The molecule has 2 amide bonds. The number of halogens is 1. The highest BCUT2D eigenvalue weighted by molar-refractivity contribution is 9.10. The number of likely N-dealkylation sites (tertiary alicyclic amines) is 1. The summed E-state index contributed by atoms with van der Waals surface area (Å²) in [7, 11) is 0. The lowest BCUT2D eigenvalue weighted by molar-refractivity contribution is 0.0609. The standard InChI is InChI=1S/C20H21BrN2O4/c1-13-18(14-5-3-2-4-6-14)27-20(25)23(13)15-9-11-22(12-10-15)19(24)16-7-8-17(21)26-16/h2-8,13,15,18H,9-12H2,1H3. The van der Waals surface area contributed by atoms with Crippen molar-refractivity contribution in [2.24, 2.45) is 0 Å². The Labute approximate surface area is 166 Å². The zero-order chi connectivity index (χ0) is 19.0. The van der Waals surface area contributed by atoms with E-state index in [4.69, 9.17) is 9.15 Å². The van der Waals surface area contributed by atoms with Gasteiger partial charge in [-0.2, -0.15) is 0 Å². The van der Waals surface area contributed by atoms with Crippen molar-refractivity contribution in [2.75, 3.05) is 13.1 Å². The molecule has 0 bridgehead atoms. The SMILES string of the molecule is CC1C(c2ccccc2)OC(=O)N1C1CCN(C(=O)c2ccc(Br)o2)CC1. The lowest BCUT2D eigenvalue weighted by atomic mass is 9.98. The third-order valence-electron chi connectivity index (χ3n) is 5.37. The molecule has 4 rings (SSSR count). The van der Waals surface area contributed by atoms with Gasteiger partial charge in [-0.1, -0.05) is 30.3 Å². The highest BCUT2D eigenvalue weighted by Crippen LogP contribution is 2.35. The number of hydrogen-bond donors (Lipinski definition) is 0. The number of furan rings is 1. The quantitative estimate of drug-likeness (QED) is 0.727. The average Bonchev–Trinajstić information content (AvgIpc) is 3.25. The number of nitrogens with zero attached hydrogens (tertiary/aromatic N) is 2. The van der Waals surface area contributed by atoms with Gasteiger partial charge in [-0.25, -0.2) is 4.79 Å². The molecule has 0 spiro atoms. The Bertz CT molecular complexity index is 830. The van der Waals surface area contributed by atoms with Crippen molar-refractivity contribution in [3.8, 4) is 0 Å². The predicted octanol–water partition coefficient (Wildman–Crippen LogP) is 4.23. The Balaban J connectivity index is 1.40. The summed E-state index contributed by atoms with van der Waals surface area (Å²) < 4.78 is 11.6. The molecule has 2 atom stereocenters. The van der Waals surface area contributed by atoms with Crippen molar-refractivity contribution in [3.05, 3.63) is 58.5 Å². The molecule has 2 aliphatic rings. The number of carbonyl (C=O) groups is 2. The van der Waals surface area contributed by atoms with Crippen LogP contribution in [0.4, 0.5) is 4.79 Å². The summed E-state index contributed by atoms with van der Waals surface area (Å²) in [6, 6.07) is 13.3. The topological polar surface area (TPSA) is 63.0 Å². The lowest BCUT2D eigenvalue weighted by Crippen LogP contribution is -2.49. The van der Waals surface area contributed by atoms with Gasteiger partial charge in [0, 0.05) is 19.1 Å². The summed E-state index contributed by atoms with van der Waals surface area (Å²) in [5.74, 6) is 0.219. The largest absolute Gasteiger partial charge is 0.444 e. The summed E-state index contributed by atoms with van der Waals surface area (Å²) in [5, 5.41) is 0. The Morgan fingerprint density at radius 1 is 1.11 bits per heavy atom. The van der Waals surface area contributed by atoms with Crippen molar-refractivity contribution in [3.63, 3.8) is 0 Å². The fourth-order valence-corrected chi connectivity index (χ4v) is 4.29. The molecule has 2 saturated heterocycles. The molecule has 142 valence electrons. The number of piperidine rings is 1. The van der Waals surface area contributed by atoms with Crippen LogP contribution < -0.4 is 0 Å². The van der Waals surface area contributed by atoms with Crippen LogP contribution in [0.5, 0.6) is 0 Å². The van der Waals surface area contributed by atoms with Crippen LogP contribution in [-0.4, -0.2) is 47.0 Å². The maximum Gasteiger partial charge on any atom is 0.411 e. The average molecular weight is 433 g/mol. The predicted molar refractivity (Wildman–Crippen MR) is 102 cm³/mol. The third-order valence-corrected chi connectivity index (χ3v) is 5.80. The number of amides is 2. The van der Waals surface area contributed by atoms with Gasteiger partial charge < -0.3 is 14.1 Å². The number of benzene rings is 1. The number of cyclic esters (lactones) is 1. The second-order valence-corrected chi connectivity index (χ2v) is 7.77. The van der Waals surface area contributed by atoms with Gasteiger partial charge in [-0.3, -0.25) is 9.69 Å². The Kier molecular flexibility index (Phi) is 4.95. The molecular formula is C20H21BrN2O4. The smallest absolute Gasteiger partial charge is 0.411 e. The van der Waals surface area contributed by atoms with Gasteiger partial charge in [-0.05, 0) is 53.4 Å². The van der Waals surface area contributed by atoms with E-state index in [1.165, 1.54) is 0 Å². The fraction of sp³-hybridized carbons (Fsp3) is 0.400. The molecule has 3 heterocycles. The molecule has 7 heteroatoms. The van der Waals surface area contributed by atoms with Crippen LogP contribution in [0, 0.1) is 0 Å². The minimum atomic E-state index is -0.268. The summed E-state index contributed by atoms with van der Waals surface area (Å²) >= 11 is 3.22. The lowest BCUT2D eigenvalue weighted by Gasteiger charge is -2.37. The van der Waals surface area contributed by atoms with Gasteiger partial charge in [0.1, 0.15) is 6.10 Å². The summed E-state index contributed by atoms with van der Waals surface area (Å²) in [5.41, 5.74) is 1.01. The summed E-state index contributed by atoms with van der Waals surface area (Å²) in [6.45, 7) is 3.21. The number of carbonyl (C=O) groups excluding carboxylic acids is 2. The van der Waals surface area contributed by atoms with Crippen molar-refractivity contribution in [1.82, 2.24) is 9.80 Å². The van der Waals surface area contributed by atoms with Gasteiger partial charge in [0.2, 0.25) is 0 Å². The first-order valence-corrected chi connectivity index (χ1v) is 9.92. The van der Waals surface area contributed by atoms with E-state index in [1.54, 1.807) is 17.0 Å². The Morgan fingerprint density at radius 2 is 1.81 bits per heavy atom. The van der Waals surface area contributed by atoms with Gasteiger partial charge in [0.15, 0.2) is 10.4 Å². The summed E-state index contributed by atoms with van der Waals surface area (Å²) in [4.78, 5) is 28.7. The van der Waals surface area contributed by atoms with E-state index < -0.39 is 0 Å². The molecule has 0 saturated carbocycles. The molecular weight excluding hydrogens is 412 g/mol. The number of hydrogen-bond acceptors (Lipinski definition) is 4. The molecule has 0 radical (unpaired) electrons. The van der Waals surface area contributed by atoms with E-state index in [2.05, 4.69) is 15.9 Å². The van der Waals surface area contributed by atoms with E-state index in [0.717, 1.165) is 18.4 Å².